The Labute approximate surface area is 160 Å². The summed E-state index contributed by atoms with van der Waals surface area (Å²) in [4.78, 5) is 40.5. The predicted octanol–water partition coefficient (Wildman–Crippen LogP) is 1.51. The van der Waals surface area contributed by atoms with Crippen molar-refractivity contribution in [1.29, 1.82) is 0 Å². The highest BCUT2D eigenvalue weighted by atomic mass is 16.2. The Balaban J connectivity index is 1.58. The van der Waals surface area contributed by atoms with E-state index >= 15 is 0 Å². The zero-order chi connectivity index (χ0) is 19.0. The molecule has 1 aromatic heterocycles. The van der Waals surface area contributed by atoms with Gasteiger partial charge in [-0.1, -0.05) is 0 Å². The fourth-order valence-corrected chi connectivity index (χ4v) is 4.27. The van der Waals surface area contributed by atoms with E-state index in [0.717, 1.165) is 37.6 Å². The molecule has 0 radical (unpaired) electrons. The molecule has 0 aromatic carbocycles. The molecule has 7 nitrogen and oxygen atoms in total. The van der Waals surface area contributed by atoms with E-state index in [1.807, 2.05) is 11.0 Å². The second kappa shape index (κ2) is 7.44. The lowest BCUT2D eigenvalue weighted by Crippen LogP contribution is -2.35. The van der Waals surface area contributed by atoms with Gasteiger partial charge in [-0.25, -0.2) is 9.97 Å². The van der Waals surface area contributed by atoms with E-state index in [9.17, 15) is 9.59 Å². The molecule has 3 heterocycles. The van der Waals surface area contributed by atoms with E-state index in [2.05, 4.69) is 9.88 Å². The van der Waals surface area contributed by atoms with Gasteiger partial charge in [-0.2, -0.15) is 0 Å². The molecule has 0 bridgehead atoms. The number of aromatic nitrogens is 2. The highest BCUT2D eigenvalue weighted by Gasteiger charge is 2.45. The molecule has 27 heavy (non-hydrogen) atoms. The molecule has 3 aliphatic rings. The van der Waals surface area contributed by atoms with Crippen molar-refractivity contribution in [3.63, 3.8) is 0 Å². The normalized spacial score (nSPS) is 25.6. The Hall–Kier alpha value is -2.18. The second-order valence-corrected chi connectivity index (χ2v) is 8.29. The molecule has 0 unspecified atom stereocenters. The third-order valence-corrected chi connectivity index (χ3v) is 6.00. The molecule has 0 spiro atoms. The van der Waals surface area contributed by atoms with Gasteiger partial charge in [-0.3, -0.25) is 9.59 Å². The summed E-state index contributed by atoms with van der Waals surface area (Å²) < 4.78 is 0. The minimum atomic E-state index is -0.230. The molecule has 0 N–H and O–H groups in total. The van der Waals surface area contributed by atoms with Crippen molar-refractivity contribution < 1.29 is 9.59 Å². The molecular weight excluding hydrogens is 342 g/mol. The zero-order valence-corrected chi connectivity index (χ0v) is 16.3. The Morgan fingerprint density at radius 2 is 1.85 bits per heavy atom. The number of rotatable bonds is 4. The topological polar surface area (TPSA) is 69.6 Å². The van der Waals surface area contributed by atoms with Crippen LogP contribution in [0.5, 0.6) is 0 Å². The fourth-order valence-electron chi connectivity index (χ4n) is 4.27. The summed E-state index contributed by atoms with van der Waals surface area (Å²) in [6, 6.07) is 1.92. The molecule has 2 saturated heterocycles. The predicted molar refractivity (Wildman–Crippen MR) is 102 cm³/mol. The van der Waals surface area contributed by atoms with Gasteiger partial charge in [-0.15, -0.1) is 0 Å². The molecule has 2 atom stereocenters. The van der Waals surface area contributed by atoms with Crippen LogP contribution >= 0.6 is 0 Å². The van der Waals surface area contributed by atoms with Gasteiger partial charge in [0.1, 0.15) is 0 Å². The van der Waals surface area contributed by atoms with Crippen LogP contribution in [-0.4, -0.2) is 71.9 Å². The number of hydrogen-bond donors (Lipinski definition) is 0. The van der Waals surface area contributed by atoms with E-state index in [-0.39, 0.29) is 29.6 Å². The summed E-state index contributed by atoms with van der Waals surface area (Å²) in [6.45, 7) is 3.05. The largest absolute Gasteiger partial charge is 0.349 e. The average Bonchev–Trinajstić information content (AvgIpc) is 3.45. The molecule has 4 rings (SSSR count). The molecule has 1 aromatic rings. The van der Waals surface area contributed by atoms with Crippen LogP contribution in [0.25, 0.3) is 0 Å². The van der Waals surface area contributed by atoms with Crippen LogP contribution < -0.4 is 4.90 Å². The number of nitrogens with zero attached hydrogens (tertiary/aromatic N) is 5. The molecule has 146 valence electrons. The summed E-state index contributed by atoms with van der Waals surface area (Å²) in [5, 5.41) is 0. The minimum absolute atomic E-state index is 0.0610. The Bertz CT molecular complexity index is 712. The van der Waals surface area contributed by atoms with Crippen LogP contribution in [0.15, 0.2) is 12.3 Å². The molecule has 7 heteroatoms. The minimum Gasteiger partial charge on any atom is -0.349 e. The quantitative estimate of drug-likeness (QED) is 0.802. The maximum atomic E-state index is 12.8. The second-order valence-electron chi connectivity index (χ2n) is 8.29. The fraction of sp³-hybridized carbons (Fsp3) is 0.700. The van der Waals surface area contributed by atoms with Gasteiger partial charge in [0.15, 0.2) is 0 Å². The van der Waals surface area contributed by atoms with Crippen molar-refractivity contribution in [1.82, 2.24) is 19.8 Å². The van der Waals surface area contributed by atoms with Gasteiger partial charge in [0.05, 0.1) is 11.6 Å². The molecule has 3 fully saturated rings. The molecular formula is C20H29N5O2. The number of carbonyl (C=O) groups is 2. The Kier molecular flexibility index (Phi) is 5.02. The van der Waals surface area contributed by atoms with Crippen molar-refractivity contribution in [3.05, 3.63) is 18.0 Å². The van der Waals surface area contributed by atoms with E-state index in [4.69, 9.17) is 4.98 Å². The summed E-state index contributed by atoms with van der Waals surface area (Å²) in [7, 11) is 3.56. The first-order valence-electron chi connectivity index (χ1n) is 10.1. The Morgan fingerprint density at radius 3 is 2.52 bits per heavy atom. The van der Waals surface area contributed by atoms with Gasteiger partial charge < -0.3 is 14.7 Å². The van der Waals surface area contributed by atoms with Crippen molar-refractivity contribution >= 4 is 17.8 Å². The lowest BCUT2D eigenvalue weighted by molar-refractivity contribution is -0.134. The number of hydrogen-bond acceptors (Lipinski definition) is 5. The van der Waals surface area contributed by atoms with Crippen LogP contribution in [0.4, 0.5) is 5.95 Å². The van der Waals surface area contributed by atoms with E-state index in [1.165, 1.54) is 19.3 Å². The van der Waals surface area contributed by atoms with Gasteiger partial charge in [0.25, 0.3) is 0 Å². The zero-order valence-electron chi connectivity index (χ0n) is 16.3. The SMILES string of the molecule is CN(C)C(=O)[C@H]1CN(C(=O)C2CC2)C[C@@H]1c1ccnc(N2CCCCC2)n1. The lowest BCUT2D eigenvalue weighted by atomic mass is 9.91. The molecule has 1 aliphatic carbocycles. The number of carbonyl (C=O) groups excluding carboxylic acids is 2. The van der Waals surface area contributed by atoms with Gasteiger partial charge in [-0.05, 0) is 38.2 Å². The standard InChI is InChI=1S/C20H29N5O2/c1-23(2)19(27)16-13-25(18(26)14-6-7-14)12-15(16)17-8-9-21-20(22-17)24-10-4-3-5-11-24/h8-9,14-16H,3-7,10-13H2,1-2H3/t15-,16-/m0/s1. The summed E-state index contributed by atoms with van der Waals surface area (Å²) in [5.74, 6) is 0.924. The summed E-state index contributed by atoms with van der Waals surface area (Å²) >= 11 is 0. The molecule has 2 aliphatic heterocycles. The van der Waals surface area contributed by atoms with E-state index in [1.54, 1.807) is 25.2 Å². The number of anilines is 1. The molecule has 2 amide bonds. The smallest absolute Gasteiger partial charge is 0.227 e. The summed E-state index contributed by atoms with van der Waals surface area (Å²) in [6.07, 6.45) is 7.37. The van der Waals surface area contributed by atoms with E-state index in [0.29, 0.717) is 13.1 Å². The van der Waals surface area contributed by atoms with Gasteiger partial charge >= 0.3 is 0 Å². The van der Waals surface area contributed by atoms with Crippen molar-refractivity contribution in [2.24, 2.45) is 11.8 Å². The monoisotopic (exact) mass is 371 g/mol. The first-order valence-corrected chi connectivity index (χ1v) is 10.1. The third-order valence-electron chi connectivity index (χ3n) is 6.00. The Morgan fingerprint density at radius 1 is 1.11 bits per heavy atom. The van der Waals surface area contributed by atoms with Crippen LogP contribution in [0.2, 0.25) is 0 Å². The van der Waals surface area contributed by atoms with Gasteiger partial charge in [0.2, 0.25) is 17.8 Å². The summed E-state index contributed by atoms with van der Waals surface area (Å²) in [5.41, 5.74) is 0.886. The maximum Gasteiger partial charge on any atom is 0.227 e. The maximum absolute atomic E-state index is 12.8. The number of amides is 2. The first kappa shape index (κ1) is 18.2. The molecule has 1 saturated carbocycles. The first-order chi connectivity index (χ1) is 13.0. The van der Waals surface area contributed by atoms with Crippen molar-refractivity contribution in [3.8, 4) is 0 Å². The van der Waals surface area contributed by atoms with Gasteiger partial charge in [0, 0.05) is 58.3 Å². The van der Waals surface area contributed by atoms with Crippen molar-refractivity contribution in [2.75, 3.05) is 45.2 Å². The number of piperidine rings is 1. The van der Waals surface area contributed by atoms with Crippen LogP contribution in [-0.2, 0) is 9.59 Å². The van der Waals surface area contributed by atoms with E-state index < -0.39 is 0 Å². The third kappa shape index (κ3) is 3.77. The van der Waals surface area contributed by atoms with Crippen molar-refractivity contribution in [2.45, 2.75) is 38.0 Å². The highest BCUT2D eigenvalue weighted by Crippen LogP contribution is 2.38. The van der Waals surface area contributed by atoms with Crippen LogP contribution in [0.1, 0.15) is 43.7 Å². The highest BCUT2D eigenvalue weighted by molar-refractivity contribution is 5.85. The number of likely N-dealkylation sites (tertiary alicyclic amines) is 1. The van der Waals surface area contributed by atoms with Crippen LogP contribution in [0, 0.1) is 11.8 Å². The lowest BCUT2D eigenvalue weighted by Gasteiger charge is -2.27. The van der Waals surface area contributed by atoms with Crippen LogP contribution in [0.3, 0.4) is 0 Å². The average molecular weight is 371 g/mol.